The number of ether oxygens (including phenoxy) is 1. The normalized spacial score (nSPS) is 25.8. The van der Waals surface area contributed by atoms with Gasteiger partial charge in [-0.1, -0.05) is 18.6 Å². The molecule has 1 saturated carbocycles. The maximum Gasteiger partial charge on any atom is 0.243 e. The van der Waals surface area contributed by atoms with Crippen LogP contribution in [0, 0.1) is 5.92 Å². The summed E-state index contributed by atoms with van der Waals surface area (Å²) < 4.78 is 32.2. The number of hydrogen-bond donors (Lipinski definition) is 2. The maximum absolute atomic E-state index is 12.6. The fraction of sp³-hybridized carbons (Fsp3) is 0.700. The third kappa shape index (κ3) is 5.46. The Balaban J connectivity index is 0.00000280. The third-order valence-corrected chi connectivity index (χ3v) is 7.98. The Labute approximate surface area is 175 Å². The molecule has 6 nitrogen and oxygen atoms in total. The summed E-state index contributed by atoms with van der Waals surface area (Å²) in [6, 6.07) is 8.13. The molecule has 1 aromatic rings. The predicted molar refractivity (Wildman–Crippen MR) is 114 cm³/mol. The van der Waals surface area contributed by atoms with Crippen molar-refractivity contribution >= 4 is 22.4 Å². The van der Waals surface area contributed by atoms with Crippen molar-refractivity contribution < 1.29 is 13.2 Å². The minimum atomic E-state index is -3.42. The lowest BCUT2D eigenvalue weighted by Gasteiger charge is -2.33. The zero-order chi connectivity index (χ0) is 19.4. The van der Waals surface area contributed by atoms with Crippen LogP contribution in [0.25, 0.3) is 0 Å². The molecule has 1 aliphatic carbocycles. The SMILES string of the molecule is CC(C)N(C)S(=O)(=O)c1ccc(CNC2CCCC2C2COCCN2)cc1.Cl. The van der Waals surface area contributed by atoms with Gasteiger partial charge in [0.1, 0.15) is 0 Å². The number of sulfonamides is 1. The molecule has 3 rings (SSSR count). The summed E-state index contributed by atoms with van der Waals surface area (Å²) in [6.07, 6.45) is 3.67. The van der Waals surface area contributed by atoms with Gasteiger partial charge in [-0.3, -0.25) is 0 Å². The molecule has 3 unspecified atom stereocenters. The lowest BCUT2D eigenvalue weighted by Crippen LogP contribution is -2.50. The fourth-order valence-corrected chi connectivity index (χ4v) is 5.42. The van der Waals surface area contributed by atoms with Crippen LogP contribution in [0.5, 0.6) is 0 Å². The van der Waals surface area contributed by atoms with Crippen molar-refractivity contribution in [3.05, 3.63) is 29.8 Å². The lowest BCUT2D eigenvalue weighted by atomic mass is 9.94. The zero-order valence-corrected chi connectivity index (χ0v) is 18.7. The van der Waals surface area contributed by atoms with Gasteiger partial charge < -0.3 is 15.4 Å². The van der Waals surface area contributed by atoms with Gasteiger partial charge in [0.15, 0.2) is 0 Å². The Morgan fingerprint density at radius 3 is 2.57 bits per heavy atom. The number of morpholine rings is 1. The van der Waals surface area contributed by atoms with Gasteiger partial charge in [0.2, 0.25) is 10.0 Å². The summed E-state index contributed by atoms with van der Waals surface area (Å²) in [6.45, 7) is 7.06. The Morgan fingerprint density at radius 1 is 1.25 bits per heavy atom. The van der Waals surface area contributed by atoms with Gasteiger partial charge in [0.25, 0.3) is 0 Å². The summed E-state index contributed by atoms with van der Waals surface area (Å²) in [5.41, 5.74) is 1.11. The van der Waals surface area contributed by atoms with E-state index in [1.807, 2.05) is 26.0 Å². The summed E-state index contributed by atoms with van der Waals surface area (Å²) in [7, 11) is -1.79. The molecule has 0 bridgehead atoms. The summed E-state index contributed by atoms with van der Waals surface area (Å²) in [5.74, 6) is 0.602. The second kappa shape index (κ2) is 10.4. The molecule has 28 heavy (non-hydrogen) atoms. The van der Waals surface area contributed by atoms with Crippen LogP contribution in [0.1, 0.15) is 38.7 Å². The maximum atomic E-state index is 12.6. The van der Waals surface area contributed by atoms with Gasteiger partial charge in [0.05, 0.1) is 18.1 Å². The quantitative estimate of drug-likeness (QED) is 0.693. The van der Waals surface area contributed by atoms with Crippen LogP contribution in [0.4, 0.5) is 0 Å². The van der Waals surface area contributed by atoms with E-state index in [-0.39, 0.29) is 18.4 Å². The Bertz CT molecular complexity index is 706. The second-order valence-electron chi connectivity index (χ2n) is 7.98. The van der Waals surface area contributed by atoms with E-state index >= 15 is 0 Å². The van der Waals surface area contributed by atoms with Crippen LogP contribution in [0.2, 0.25) is 0 Å². The molecule has 2 aliphatic rings. The zero-order valence-electron chi connectivity index (χ0n) is 17.1. The van der Waals surface area contributed by atoms with Gasteiger partial charge in [-0.05, 0) is 50.3 Å². The van der Waals surface area contributed by atoms with E-state index in [2.05, 4.69) is 10.6 Å². The molecule has 3 atom stereocenters. The smallest absolute Gasteiger partial charge is 0.243 e. The molecule has 160 valence electrons. The molecule has 0 aromatic heterocycles. The molecule has 0 amide bonds. The Kier molecular flexibility index (Phi) is 8.73. The second-order valence-corrected chi connectivity index (χ2v) is 9.97. The summed E-state index contributed by atoms with van der Waals surface area (Å²) >= 11 is 0. The molecule has 8 heteroatoms. The molecular weight excluding hydrogens is 398 g/mol. The highest BCUT2D eigenvalue weighted by Crippen LogP contribution is 2.29. The summed E-state index contributed by atoms with van der Waals surface area (Å²) in [5, 5.41) is 7.29. The highest BCUT2D eigenvalue weighted by Gasteiger charge is 2.34. The van der Waals surface area contributed by atoms with Gasteiger partial charge >= 0.3 is 0 Å². The fourth-order valence-electron chi connectivity index (χ4n) is 4.06. The van der Waals surface area contributed by atoms with Gasteiger partial charge in [-0.25, -0.2) is 8.42 Å². The average Bonchev–Trinajstić information content (AvgIpc) is 3.15. The van der Waals surface area contributed by atoms with E-state index in [4.69, 9.17) is 4.74 Å². The minimum absolute atomic E-state index is 0. The number of rotatable bonds is 7. The first-order valence-corrected chi connectivity index (χ1v) is 11.4. The lowest BCUT2D eigenvalue weighted by molar-refractivity contribution is 0.0524. The highest BCUT2D eigenvalue weighted by atomic mass is 35.5. The molecule has 0 spiro atoms. The first-order chi connectivity index (χ1) is 12.9. The van der Waals surface area contributed by atoms with Crippen LogP contribution in [0.15, 0.2) is 29.2 Å². The van der Waals surface area contributed by atoms with Crippen LogP contribution in [-0.4, -0.2) is 57.7 Å². The highest BCUT2D eigenvalue weighted by molar-refractivity contribution is 7.89. The predicted octanol–water partition coefficient (Wildman–Crippen LogP) is 2.38. The first kappa shape index (κ1) is 23.6. The van der Waals surface area contributed by atoms with Crippen LogP contribution in [0.3, 0.4) is 0 Å². The van der Waals surface area contributed by atoms with E-state index in [9.17, 15) is 8.42 Å². The molecule has 1 heterocycles. The van der Waals surface area contributed by atoms with Gasteiger partial charge in [-0.2, -0.15) is 4.31 Å². The molecule has 2 fully saturated rings. The van der Waals surface area contributed by atoms with Crippen molar-refractivity contribution in [2.75, 3.05) is 26.8 Å². The van der Waals surface area contributed by atoms with E-state index in [1.165, 1.54) is 23.6 Å². The van der Waals surface area contributed by atoms with Crippen molar-refractivity contribution in [1.82, 2.24) is 14.9 Å². The Morgan fingerprint density at radius 2 is 1.96 bits per heavy atom. The topological polar surface area (TPSA) is 70.7 Å². The number of nitrogens with one attached hydrogen (secondary N) is 2. The van der Waals surface area contributed by atoms with Crippen molar-refractivity contribution in [1.29, 1.82) is 0 Å². The standard InChI is InChI=1S/C20H33N3O3S.ClH/c1-15(2)23(3)27(24,25)17-9-7-16(8-10-17)13-22-19-6-4-5-18(19)20-14-26-12-11-21-20;/h7-10,15,18-22H,4-6,11-14H2,1-3H3;1H. The van der Waals surface area contributed by atoms with Crippen molar-refractivity contribution in [3.63, 3.8) is 0 Å². The van der Waals surface area contributed by atoms with Crippen LogP contribution < -0.4 is 10.6 Å². The van der Waals surface area contributed by atoms with Crippen molar-refractivity contribution in [2.45, 2.75) is 62.7 Å². The minimum Gasteiger partial charge on any atom is -0.379 e. The average molecular weight is 432 g/mol. The third-order valence-electron chi connectivity index (χ3n) is 5.93. The van der Waals surface area contributed by atoms with E-state index in [0.29, 0.717) is 22.9 Å². The number of halogens is 1. The number of hydrogen-bond acceptors (Lipinski definition) is 5. The largest absolute Gasteiger partial charge is 0.379 e. The molecule has 2 N–H and O–H groups in total. The number of benzene rings is 1. The molecule has 1 aromatic carbocycles. The number of nitrogens with zero attached hydrogens (tertiary/aromatic N) is 1. The summed E-state index contributed by atoms with van der Waals surface area (Å²) in [4.78, 5) is 0.352. The first-order valence-electron chi connectivity index (χ1n) is 10.0. The van der Waals surface area contributed by atoms with Crippen LogP contribution >= 0.6 is 12.4 Å². The molecular formula is C20H34ClN3O3S. The van der Waals surface area contributed by atoms with Crippen molar-refractivity contribution in [2.24, 2.45) is 5.92 Å². The molecule has 1 saturated heterocycles. The van der Waals surface area contributed by atoms with E-state index in [0.717, 1.165) is 31.9 Å². The van der Waals surface area contributed by atoms with Crippen LogP contribution in [-0.2, 0) is 21.3 Å². The van der Waals surface area contributed by atoms with Gasteiger partial charge in [0, 0.05) is 38.3 Å². The molecule has 0 radical (unpaired) electrons. The van der Waals surface area contributed by atoms with Crippen molar-refractivity contribution in [3.8, 4) is 0 Å². The monoisotopic (exact) mass is 431 g/mol. The van der Waals surface area contributed by atoms with E-state index in [1.54, 1.807) is 19.2 Å². The van der Waals surface area contributed by atoms with Gasteiger partial charge in [-0.15, -0.1) is 12.4 Å². The van der Waals surface area contributed by atoms with E-state index < -0.39 is 10.0 Å². The Hall–Kier alpha value is -0.700. The molecule has 1 aliphatic heterocycles.